The quantitative estimate of drug-likeness (QED) is 0.696. The monoisotopic (exact) mass is 292 g/mol. The first-order valence-corrected chi connectivity index (χ1v) is 6.44. The van der Waals surface area contributed by atoms with E-state index in [4.69, 9.17) is 9.52 Å². The summed E-state index contributed by atoms with van der Waals surface area (Å²) < 4.78 is 6.75. The maximum Gasteiger partial charge on any atom is 0.356 e. The molecule has 0 saturated carbocycles. The van der Waals surface area contributed by atoms with Gasteiger partial charge >= 0.3 is 12.0 Å². The van der Waals surface area contributed by atoms with Crippen molar-refractivity contribution in [2.24, 2.45) is 0 Å². The van der Waals surface area contributed by atoms with E-state index in [9.17, 15) is 9.59 Å². The lowest BCUT2D eigenvalue weighted by atomic mass is 10.3. The fraction of sp³-hybridized carbons (Fsp3) is 0.308. The number of aromatic carboxylic acids is 1. The number of rotatable bonds is 7. The highest BCUT2D eigenvalue weighted by atomic mass is 16.4. The summed E-state index contributed by atoms with van der Waals surface area (Å²) in [6.07, 6.45) is 5.05. The lowest BCUT2D eigenvalue weighted by Gasteiger charge is -2.07. The smallest absolute Gasteiger partial charge is 0.356 e. The van der Waals surface area contributed by atoms with Crippen LogP contribution in [-0.4, -0.2) is 39.7 Å². The zero-order valence-corrected chi connectivity index (χ0v) is 11.3. The predicted molar refractivity (Wildman–Crippen MR) is 73.0 cm³/mol. The summed E-state index contributed by atoms with van der Waals surface area (Å²) in [7, 11) is 0. The van der Waals surface area contributed by atoms with Crippen LogP contribution in [0, 0.1) is 0 Å². The molecular formula is C13H16N4O4. The number of urea groups is 1. The summed E-state index contributed by atoms with van der Waals surface area (Å²) in [5, 5.41) is 14.1. The number of carbonyl (C=O) groups is 2. The average Bonchev–Trinajstić information content (AvgIpc) is 3.09. The van der Waals surface area contributed by atoms with E-state index in [1.54, 1.807) is 16.9 Å². The summed E-state index contributed by atoms with van der Waals surface area (Å²) in [4.78, 5) is 25.9. The van der Waals surface area contributed by atoms with Crippen molar-refractivity contribution in [2.45, 2.75) is 13.0 Å². The van der Waals surface area contributed by atoms with E-state index in [0.29, 0.717) is 26.1 Å². The molecule has 8 heteroatoms. The summed E-state index contributed by atoms with van der Waals surface area (Å²) in [5.74, 6) is -0.257. The largest absolute Gasteiger partial charge is 0.476 e. The number of hydrogen-bond acceptors (Lipinski definition) is 4. The molecule has 2 amide bonds. The fourth-order valence-electron chi connectivity index (χ4n) is 1.71. The van der Waals surface area contributed by atoms with E-state index >= 15 is 0 Å². The highest BCUT2D eigenvalue weighted by Crippen LogP contribution is 1.99. The Morgan fingerprint density at radius 2 is 2.14 bits per heavy atom. The first-order valence-electron chi connectivity index (χ1n) is 6.44. The summed E-state index contributed by atoms with van der Waals surface area (Å²) in [6.45, 7) is 1.31. The van der Waals surface area contributed by atoms with Gasteiger partial charge in [-0.2, -0.15) is 0 Å². The van der Waals surface area contributed by atoms with Gasteiger partial charge in [-0.15, -0.1) is 0 Å². The van der Waals surface area contributed by atoms with Crippen LogP contribution < -0.4 is 10.6 Å². The highest BCUT2D eigenvalue weighted by Gasteiger charge is 2.06. The third kappa shape index (κ3) is 4.68. The molecule has 0 unspecified atom stereocenters. The molecule has 2 aromatic heterocycles. The molecule has 2 heterocycles. The molecule has 21 heavy (non-hydrogen) atoms. The SMILES string of the molecule is O=C(NCCc1ccco1)NCCn1cnc(C(=O)O)c1. The Balaban J connectivity index is 1.61. The van der Waals surface area contributed by atoms with Crippen LogP contribution in [0.15, 0.2) is 35.3 Å². The van der Waals surface area contributed by atoms with Gasteiger partial charge in [0.15, 0.2) is 5.69 Å². The van der Waals surface area contributed by atoms with Crippen LogP contribution in [-0.2, 0) is 13.0 Å². The van der Waals surface area contributed by atoms with Gasteiger partial charge in [0.25, 0.3) is 0 Å². The predicted octanol–water partition coefficient (Wildman–Crippen LogP) is 0.716. The van der Waals surface area contributed by atoms with Gasteiger partial charge in [-0.1, -0.05) is 0 Å². The van der Waals surface area contributed by atoms with E-state index in [1.807, 2.05) is 6.07 Å². The van der Waals surface area contributed by atoms with Crippen LogP contribution in [0.3, 0.4) is 0 Å². The molecule has 0 spiro atoms. The van der Waals surface area contributed by atoms with Gasteiger partial charge in [0.05, 0.1) is 12.6 Å². The number of imidazole rings is 1. The van der Waals surface area contributed by atoms with Gasteiger partial charge in [0.2, 0.25) is 0 Å². The Morgan fingerprint density at radius 3 is 2.81 bits per heavy atom. The number of aromatic nitrogens is 2. The minimum atomic E-state index is -1.07. The number of furan rings is 1. The number of carboxylic acid groups (broad SMARTS) is 1. The standard InChI is InChI=1S/C13H16N4O4/c18-12(19)11-8-17(9-16-11)6-5-15-13(20)14-4-3-10-2-1-7-21-10/h1-2,7-9H,3-6H2,(H,18,19)(H2,14,15,20). The van der Waals surface area contributed by atoms with Crippen molar-refractivity contribution in [1.82, 2.24) is 20.2 Å². The third-order valence-corrected chi connectivity index (χ3v) is 2.74. The summed E-state index contributed by atoms with van der Waals surface area (Å²) >= 11 is 0. The Morgan fingerprint density at radius 1 is 1.33 bits per heavy atom. The maximum atomic E-state index is 11.5. The second-order valence-corrected chi connectivity index (χ2v) is 4.31. The van der Waals surface area contributed by atoms with Crippen LogP contribution in [0.5, 0.6) is 0 Å². The molecule has 3 N–H and O–H groups in total. The Bertz CT molecular complexity index is 591. The maximum absolute atomic E-state index is 11.5. The van der Waals surface area contributed by atoms with Gasteiger partial charge in [-0.3, -0.25) is 0 Å². The second kappa shape index (κ2) is 7.13. The topological polar surface area (TPSA) is 109 Å². The molecule has 0 aromatic carbocycles. The van der Waals surface area contributed by atoms with Gasteiger partial charge in [0.1, 0.15) is 5.76 Å². The van der Waals surface area contributed by atoms with E-state index in [1.165, 1.54) is 12.5 Å². The molecule has 0 saturated heterocycles. The molecule has 0 fully saturated rings. The van der Waals surface area contributed by atoms with Crippen LogP contribution >= 0.6 is 0 Å². The molecule has 0 aliphatic carbocycles. The van der Waals surface area contributed by atoms with Gasteiger partial charge in [0, 0.05) is 32.3 Å². The Hall–Kier alpha value is -2.77. The van der Waals surface area contributed by atoms with E-state index in [0.717, 1.165) is 5.76 Å². The first-order chi connectivity index (χ1) is 10.1. The van der Waals surface area contributed by atoms with Crippen molar-refractivity contribution in [3.05, 3.63) is 42.4 Å². The lowest BCUT2D eigenvalue weighted by molar-refractivity contribution is 0.0691. The Labute approximate surface area is 120 Å². The van der Waals surface area contributed by atoms with Gasteiger partial charge < -0.3 is 24.7 Å². The number of amides is 2. The molecule has 8 nitrogen and oxygen atoms in total. The molecule has 0 bridgehead atoms. The molecule has 0 aliphatic heterocycles. The number of carboxylic acids is 1. The van der Waals surface area contributed by atoms with Crippen molar-refractivity contribution in [2.75, 3.05) is 13.1 Å². The lowest BCUT2D eigenvalue weighted by Crippen LogP contribution is -2.38. The summed E-state index contributed by atoms with van der Waals surface area (Å²) in [6, 6.07) is 3.37. The number of hydrogen-bond donors (Lipinski definition) is 3. The molecule has 0 atom stereocenters. The zero-order chi connectivity index (χ0) is 15.1. The highest BCUT2D eigenvalue weighted by molar-refractivity contribution is 5.84. The number of carbonyl (C=O) groups excluding carboxylic acids is 1. The summed E-state index contributed by atoms with van der Waals surface area (Å²) in [5.41, 5.74) is -0.0158. The second-order valence-electron chi connectivity index (χ2n) is 4.31. The van der Waals surface area contributed by atoms with Crippen LogP contribution in [0.2, 0.25) is 0 Å². The molecule has 2 rings (SSSR count). The van der Waals surface area contributed by atoms with Gasteiger partial charge in [-0.25, -0.2) is 14.6 Å². The minimum absolute atomic E-state index is 0.0158. The molecular weight excluding hydrogens is 276 g/mol. The van der Waals surface area contributed by atoms with E-state index in [2.05, 4.69) is 15.6 Å². The minimum Gasteiger partial charge on any atom is -0.476 e. The van der Waals surface area contributed by atoms with Crippen molar-refractivity contribution in [3.8, 4) is 0 Å². The average molecular weight is 292 g/mol. The number of nitrogens with one attached hydrogen (secondary N) is 2. The first kappa shape index (κ1) is 14.6. The van der Waals surface area contributed by atoms with E-state index in [-0.39, 0.29) is 11.7 Å². The molecule has 2 aromatic rings. The van der Waals surface area contributed by atoms with Crippen molar-refractivity contribution >= 4 is 12.0 Å². The van der Waals surface area contributed by atoms with Crippen LogP contribution in [0.25, 0.3) is 0 Å². The van der Waals surface area contributed by atoms with Crippen molar-refractivity contribution in [1.29, 1.82) is 0 Å². The Kier molecular flexibility index (Phi) is 4.97. The van der Waals surface area contributed by atoms with E-state index < -0.39 is 5.97 Å². The van der Waals surface area contributed by atoms with Crippen LogP contribution in [0.4, 0.5) is 4.79 Å². The third-order valence-electron chi connectivity index (χ3n) is 2.74. The van der Waals surface area contributed by atoms with Crippen molar-refractivity contribution < 1.29 is 19.1 Å². The van der Waals surface area contributed by atoms with Crippen LogP contribution in [0.1, 0.15) is 16.2 Å². The fourth-order valence-corrected chi connectivity index (χ4v) is 1.71. The normalized spacial score (nSPS) is 10.3. The number of nitrogens with zero attached hydrogens (tertiary/aromatic N) is 2. The molecule has 0 radical (unpaired) electrons. The molecule has 0 aliphatic rings. The zero-order valence-electron chi connectivity index (χ0n) is 11.3. The molecule has 112 valence electrons. The van der Waals surface area contributed by atoms with Gasteiger partial charge in [-0.05, 0) is 12.1 Å². The van der Waals surface area contributed by atoms with Crippen molar-refractivity contribution in [3.63, 3.8) is 0 Å².